The first-order valence-electron chi connectivity index (χ1n) is 5.40. The minimum atomic E-state index is 0.630. The van der Waals surface area contributed by atoms with Crippen molar-refractivity contribution in [3.05, 3.63) is 18.6 Å². The van der Waals surface area contributed by atoms with Gasteiger partial charge in [0.1, 0.15) is 12.0 Å². The number of nitrogens with one attached hydrogen (secondary N) is 1. The molecule has 2 rings (SSSR count). The molecule has 6 heteroatoms. The summed E-state index contributed by atoms with van der Waals surface area (Å²) in [5, 5.41) is 7.20. The van der Waals surface area contributed by atoms with Gasteiger partial charge in [-0.2, -0.15) is 5.10 Å². The van der Waals surface area contributed by atoms with Crippen LogP contribution in [0.5, 0.6) is 5.75 Å². The van der Waals surface area contributed by atoms with Crippen molar-refractivity contribution in [1.29, 1.82) is 0 Å². The number of aromatic nitrogens is 4. The Balaban J connectivity index is 2.59. The molecule has 0 spiro atoms. The van der Waals surface area contributed by atoms with Crippen molar-refractivity contribution in [1.82, 2.24) is 19.7 Å². The molecule has 0 aromatic carbocycles. The summed E-state index contributed by atoms with van der Waals surface area (Å²) in [4.78, 5) is 8.39. The lowest BCUT2D eigenvalue weighted by Crippen LogP contribution is -2.04. The molecule has 0 unspecified atom stereocenters. The molecular weight excluding hydrogens is 218 g/mol. The highest BCUT2D eigenvalue weighted by Gasteiger charge is 2.15. The van der Waals surface area contributed by atoms with Gasteiger partial charge in [-0.25, -0.2) is 9.97 Å². The van der Waals surface area contributed by atoms with Gasteiger partial charge in [0, 0.05) is 19.8 Å². The van der Waals surface area contributed by atoms with Crippen LogP contribution in [0, 0.1) is 0 Å². The topological polar surface area (TPSA) is 64.9 Å². The maximum atomic E-state index is 5.36. The number of nitrogens with zero attached hydrogens (tertiary/aromatic N) is 4. The first-order valence-corrected chi connectivity index (χ1v) is 5.40. The van der Waals surface area contributed by atoms with E-state index < -0.39 is 0 Å². The lowest BCUT2D eigenvalue weighted by Gasteiger charge is -2.11. The monoisotopic (exact) mass is 233 g/mol. The zero-order chi connectivity index (χ0) is 12.3. The SMILES string of the molecule is CCn1nccc1-c1ncnc(NC)c1OC. The van der Waals surface area contributed by atoms with Gasteiger partial charge in [-0.3, -0.25) is 4.68 Å². The normalized spacial score (nSPS) is 10.3. The van der Waals surface area contributed by atoms with Gasteiger partial charge in [-0.1, -0.05) is 0 Å². The van der Waals surface area contributed by atoms with Crippen LogP contribution in [0.3, 0.4) is 0 Å². The van der Waals surface area contributed by atoms with Crippen molar-refractivity contribution in [2.45, 2.75) is 13.5 Å². The average molecular weight is 233 g/mol. The maximum absolute atomic E-state index is 5.36. The van der Waals surface area contributed by atoms with Crippen molar-refractivity contribution in [3.63, 3.8) is 0 Å². The van der Waals surface area contributed by atoms with Gasteiger partial charge in [0.15, 0.2) is 11.6 Å². The van der Waals surface area contributed by atoms with Crippen LogP contribution >= 0.6 is 0 Å². The molecule has 90 valence electrons. The first kappa shape index (κ1) is 11.4. The number of rotatable bonds is 4. The summed E-state index contributed by atoms with van der Waals surface area (Å²) in [6, 6.07) is 1.91. The molecule has 0 saturated heterocycles. The van der Waals surface area contributed by atoms with Crippen LogP contribution in [-0.4, -0.2) is 33.9 Å². The van der Waals surface area contributed by atoms with Crippen LogP contribution in [0.2, 0.25) is 0 Å². The molecule has 0 aliphatic rings. The maximum Gasteiger partial charge on any atom is 0.189 e. The lowest BCUT2D eigenvalue weighted by atomic mass is 10.2. The second-order valence-corrected chi connectivity index (χ2v) is 3.39. The Morgan fingerprint density at radius 2 is 2.24 bits per heavy atom. The fourth-order valence-electron chi connectivity index (χ4n) is 1.71. The Hall–Kier alpha value is -2.11. The number of hydrogen-bond acceptors (Lipinski definition) is 5. The highest BCUT2D eigenvalue weighted by Crippen LogP contribution is 2.32. The highest BCUT2D eigenvalue weighted by atomic mass is 16.5. The van der Waals surface area contributed by atoms with Gasteiger partial charge < -0.3 is 10.1 Å². The summed E-state index contributed by atoms with van der Waals surface area (Å²) in [6.45, 7) is 2.81. The van der Waals surface area contributed by atoms with Crippen molar-refractivity contribution >= 4 is 5.82 Å². The first-order chi connectivity index (χ1) is 8.31. The molecule has 6 nitrogen and oxygen atoms in total. The summed E-state index contributed by atoms with van der Waals surface area (Å²) < 4.78 is 7.23. The molecule has 0 fully saturated rings. The zero-order valence-electron chi connectivity index (χ0n) is 10.1. The Morgan fingerprint density at radius 3 is 2.88 bits per heavy atom. The number of methoxy groups -OCH3 is 1. The van der Waals surface area contributed by atoms with Crippen molar-refractivity contribution in [2.75, 3.05) is 19.5 Å². The summed E-state index contributed by atoms with van der Waals surface area (Å²) in [6.07, 6.45) is 3.26. The predicted molar refractivity (Wildman–Crippen MR) is 65.0 cm³/mol. The van der Waals surface area contributed by atoms with Crippen LogP contribution in [-0.2, 0) is 6.54 Å². The van der Waals surface area contributed by atoms with E-state index >= 15 is 0 Å². The molecule has 2 heterocycles. The van der Waals surface area contributed by atoms with E-state index in [9.17, 15) is 0 Å². The number of anilines is 1. The Bertz CT molecular complexity index is 508. The predicted octanol–water partition coefficient (Wildman–Crippen LogP) is 1.41. The van der Waals surface area contributed by atoms with E-state index in [1.807, 2.05) is 17.7 Å². The second kappa shape index (κ2) is 4.82. The third-order valence-electron chi connectivity index (χ3n) is 2.50. The van der Waals surface area contributed by atoms with Gasteiger partial charge in [0.2, 0.25) is 0 Å². The Morgan fingerprint density at radius 1 is 1.41 bits per heavy atom. The van der Waals surface area contributed by atoms with Gasteiger partial charge in [-0.15, -0.1) is 0 Å². The molecular formula is C11H15N5O. The second-order valence-electron chi connectivity index (χ2n) is 3.39. The van der Waals surface area contributed by atoms with Gasteiger partial charge in [0.25, 0.3) is 0 Å². The quantitative estimate of drug-likeness (QED) is 0.865. The fraction of sp³-hybridized carbons (Fsp3) is 0.364. The van der Waals surface area contributed by atoms with E-state index in [1.54, 1.807) is 20.4 Å². The average Bonchev–Trinajstić information content (AvgIpc) is 2.85. The smallest absolute Gasteiger partial charge is 0.189 e. The molecule has 0 bridgehead atoms. The number of ether oxygens (including phenoxy) is 1. The van der Waals surface area contributed by atoms with E-state index in [0.717, 1.165) is 17.9 Å². The summed E-state index contributed by atoms with van der Waals surface area (Å²) >= 11 is 0. The van der Waals surface area contributed by atoms with E-state index in [0.29, 0.717) is 11.6 Å². The third-order valence-corrected chi connectivity index (χ3v) is 2.50. The van der Waals surface area contributed by atoms with Crippen molar-refractivity contribution < 1.29 is 4.74 Å². The van der Waals surface area contributed by atoms with Crippen molar-refractivity contribution in [2.24, 2.45) is 0 Å². The van der Waals surface area contributed by atoms with Gasteiger partial charge in [-0.05, 0) is 13.0 Å². The minimum Gasteiger partial charge on any atom is -0.491 e. The van der Waals surface area contributed by atoms with Gasteiger partial charge in [0.05, 0.1) is 12.8 Å². The standard InChI is InChI=1S/C11H15N5O/c1-4-16-8(5-6-15-16)9-10(17-3)11(12-2)14-7-13-9/h5-7H,4H2,1-3H3,(H,12,13,14). The summed E-state index contributed by atoms with van der Waals surface area (Å²) in [7, 11) is 3.40. The molecule has 2 aromatic rings. The largest absolute Gasteiger partial charge is 0.491 e. The molecule has 0 radical (unpaired) electrons. The van der Waals surface area contributed by atoms with E-state index in [4.69, 9.17) is 4.74 Å². The number of aryl methyl sites for hydroxylation is 1. The molecule has 1 N–H and O–H groups in total. The molecule has 2 aromatic heterocycles. The van der Waals surface area contributed by atoms with Crippen molar-refractivity contribution in [3.8, 4) is 17.1 Å². The Kier molecular flexibility index (Phi) is 3.22. The lowest BCUT2D eigenvalue weighted by molar-refractivity contribution is 0.414. The van der Waals surface area contributed by atoms with Crippen LogP contribution in [0.25, 0.3) is 11.4 Å². The summed E-state index contributed by atoms with van der Waals surface area (Å²) in [5.41, 5.74) is 1.66. The van der Waals surface area contributed by atoms with E-state index in [1.165, 1.54) is 6.33 Å². The molecule has 0 amide bonds. The molecule has 0 atom stereocenters. The van der Waals surface area contributed by atoms with Crippen LogP contribution in [0.1, 0.15) is 6.92 Å². The number of hydrogen-bond donors (Lipinski definition) is 1. The molecule has 0 aliphatic carbocycles. The van der Waals surface area contributed by atoms with E-state index in [-0.39, 0.29) is 0 Å². The van der Waals surface area contributed by atoms with Crippen LogP contribution in [0.15, 0.2) is 18.6 Å². The van der Waals surface area contributed by atoms with Gasteiger partial charge >= 0.3 is 0 Å². The summed E-state index contributed by atoms with van der Waals surface area (Å²) in [5.74, 6) is 1.30. The zero-order valence-corrected chi connectivity index (χ0v) is 10.1. The van der Waals surface area contributed by atoms with E-state index in [2.05, 4.69) is 20.4 Å². The van der Waals surface area contributed by atoms with Crippen LogP contribution < -0.4 is 10.1 Å². The molecule has 0 saturated carbocycles. The minimum absolute atomic E-state index is 0.630. The third kappa shape index (κ3) is 1.93. The molecule has 17 heavy (non-hydrogen) atoms. The Labute approximate surface area is 99.7 Å². The molecule has 0 aliphatic heterocycles. The van der Waals surface area contributed by atoms with Crippen LogP contribution in [0.4, 0.5) is 5.82 Å². The fourth-order valence-corrected chi connectivity index (χ4v) is 1.71. The highest BCUT2D eigenvalue weighted by molar-refractivity contribution is 5.70.